The molecule has 50 heavy (non-hydrogen) atoms. The van der Waals surface area contributed by atoms with Crippen molar-refractivity contribution in [3.05, 3.63) is 48.2 Å². The van der Waals surface area contributed by atoms with E-state index in [1.165, 1.54) is 4.90 Å². The van der Waals surface area contributed by atoms with Crippen molar-refractivity contribution in [1.82, 2.24) is 25.6 Å². The molecule has 1 saturated heterocycles. The summed E-state index contributed by atoms with van der Waals surface area (Å²) in [6.45, 7) is 5.07. The van der Waals surface area contributed by atoms with Gasteiger partial charge in [-0.3, -0.25) is 23.9 Å². The molecule has 15 heteroatoms. The summed E-state index contributed by atoms with van der Waals surface area (Å²) < 4.78 is 38.8. The Kier molecular flexibility index (Phi) is 9.72. The second-order valence-corrected chi connectivity index (χ2v) is 16.7. The Hall–Kier alpha value is -4.40. The third-order valence-corrected chi connectivity index (χ3v) is 11.4. The van der Waals surface area contributed by atoms with E-state index in [2.05, 4.69) is 20.7 Å². The number of benzene rings is 1. The second-order valence-electron chi connectivity index (χ2n) is 14.8. The number of amides is 5. The molecule has 3 heterocycles. The Morgan fingerprint density at radius 2 is 1.80 bits per heavy atom. The standard InChI is InChI=1S/C35H45N5O9S/c1-34(2,3)49-33(45)37-25-13-8-6-4-5-7-12-22-19-35(22,32(44)39-50(46,47)24-15-16-24)38-29(41)26-18-23(20-40(26)31(25)43)36-30(42)28-17-21-11-9-10-14-27(21)48-28/h7,9-12,14,17,22-26H,4-6,8,13,15-16,18-20H2,1-3H3,(H,36,42)(H,37,45)(H,38,41)(H,39,44)/b12-7-/t22-,23+,25-,26-,35+/m0/s1. The molecule has 2 aromatic rings. The van der Waals surface area contributed by atoms with Gasteiger partial charge in [-0.1, -0.05) is 43.2 Å². The minimum atomic E-state index is -3.90. The van der Waals surface area contributed by atoms with E-state index in [4.69, 9.17) is 9.15 Å². The number of hydrogen-bond donors (Lipinski definition) is 4. The fourth-order valence-corrected chi connectivity index (χ4v) is 8.07. The smallest absolute Gasteiger partial charge is 0.408 e. The largest absolute Gasteiger partial charge is 0.451 e. The van der Waals surface area contributed by atoms with Crippen LogP contribution in [0.1, 0.15) is 89.1 Å². The monoisotopic (exact) mass is 711 g/mol. The molecule has 1 aromatic carbocycles. The van der Waals surface area contributed by atoms with Crippen molar-refractivity contribution in [2.75, 3.05) is 6.54 Å². The number of furan rings is 1. The number of allylic oxidation sites excluding steroid dienone is 1. The van der Waals surface area contributed by atoms with Crippen molar-refractivity contribution < 1.29 is 41.5 Å². The van der Waals surface area contributed by atoms with E-state index in [0.717, 1.165) is 18.2 Å². The van der Waals surface area contributed by atoms with Crippen LogP contribution in [0.5, 0.6) is 0 Å². The highest BCUT2D eigenvalue weighted by Gasteiger charge is 2.62. The van der Waals surface area contributed by atoms with Gasteiger partial charge in [0.1, 0.15) is 28.8 Å². The summed E-state index contributed by atoms with van der Waals surface area (Å²) in [5.41, 5.74) is -1.80. The zero-order valence-corrected chi connectivity index (χ0v) is 29.3. The molecule has 4 N–H and O–H groups in total. The topological polar surface area (TPSA) is 193 Å². The van der Waals surface area contributed by atoms with Gasteiger partial charge in [-0.2, -0.15) is 0 Å². The highest BCUT2D eigenvalue weighted by Crippen LogP contribution is 2.46. The Balaban J connectivity index is 1.27. The van der Waals surface area contributed by atoms with Gasteiger partial charge in [0.2, 0.25) is 21.8 Å². The molecule has 1 aromatic heterocycles. The van der Waals surface area contributed by atoms with Gasteiger partial charge in [-0.15, -0.1) is 0 Å². The second kappa shape index (κ2) is 13.7. The molecule has 2 saturated carbocycles. The average molecular weight is 712 g/mol. The highest BCUT2D eigenvalue weighted by molar-refractivity contribution is 7.91. The number of fused-ring (bicyclic) bond motifs is 3. The van der Waals surface area contributed by atoms with E-state index < -0.39 is 80.2 Å². The predicted octanol–water partition coefficient (Wildman–Crippen LogP) is 3.03. The van der Waals surface area contributed by atoms with Gasteiger partial charge in [-0.05, 0) is 77.8 Å². The van der Waals surface area contributed by atoms with E-state index in [1.807, 2.05) is 24.3 Å². The van der Waals surface area contributed by atoms with Crippen LogP contribution < -0.4 is 20.7 Å². The summed E-state index contributed by atoms with van der Waals surface area (Å²) in [6, 6.07) is 5.90. The van der Waals surface area contributed by atoms with E-state index in [1.54, 1.807) is 39.0 Å². The van der Waals surface area contributed by atoms with E-state index in [-0.39, 0.29) is 31.6 Å². The van der Waals surface area contributed by atoms with Gasteiger partial charge in [0, 0.05) is 23.9 Å². The zero-order chi connectivity index (χ0) is 35.8. The van der Waals surface area contributed by atoms with Crippen LogP contribution in [0.25, 0.3) is 11.0 Å². The van der Waals surface area contributed by atoms with E-state index in [9.17, 15) is 32.4 Å². The highest BCUT2D eigenvalue weighted by atomic mass is 32.2. The molecule has 14 nitrogen and oxygen atoms in total. The number of hydrogen-bond acceptors (Lipinski definition) is 9. The molecule has 3 fully saturated rings. The van der Waals surface area contributed by atoms with Gasteiger partial charge >= 0.3 is 6.09 Å². The molecule has 0 unspecified atom stereocenters. The molecular weight excluding hydrogens is 666 g/mol. The maximum Gasteiger partial charge on any atom is 0.408 e. The summed E-state index contributed by atoms with van der Waals surface area (Å²) in [6.07, 6.45) is 7.20. The lowest BCUT2D eigenvalue weighted by Crippen LogP contribution is -2.58. The first-order valence-corrected chi connectivity index (χ1v) is 18.8. The summed E-state index contributed by atoms with van der Waals surface area (Å²) in [5, 5.41) is 8.49. The molecule has 0 radical (unpaired) electrons. The maximum atomic E-state index is 14.3. The number of carbonyl (C=O) groups is 5. The minimum Gasteiger partial charge on any atom is -0.451 e. The van der Waals surface area contributed by atoms with Gasteiger partial charge in [0.15, 0.2) is 5.76 Å². The van der Waals surface area contributed by atoms with Crippen LogP contribution >= 0.6 is 0 Å². The Labute approximate surface area is 291 Å². The van der Waals surface area contributed by atoms with E-state index >= 15 is 0 Å². The fourth-order valence-electron chi connectivity index (χ4n) is 6.71. The van der Waals surface area contributed by atoms with Crippen molar-refractivity contribution in [1.29, 1.82) is 0 Å². The van der Waals surface area contributed by atoms with Gasteiger partial charge in [0.05, 0.1) is 5.25 Å². The lowest BCUT2D eigenvalue weighted by atomic mass is 10.0. The number of ether oxygens (including phenoxy) is 1. The average Bonchev–Trinajstić information content (AvgIpc) is 3.92. The molecule has 4 aliphatic rings. The van der Waals surface area contributed by atoms with Crippen LogP contribution in [-0.2, 0) is 29.1 Å². The normalized spacial score (nSPS) is 28.3. The molecule has 270 valence electrons. The Morgan fingerprint density at radius 3 is 2.52 bits per heavy atom. The summed E-state index contributed by atoms with van der Waals surface area (Å²) >= 11 is 0. The van der Waals surface area contributed by atoms with Crippen LogP contribution in [0.15, 0.2) is 46.9 Å². The number of para-hydroxylation sites is 1. The van der Waals surface area contributed by atoms with Crippen LogP contribution in [-0.4, -0.2) is 84.1 Å². The SMILES string of the molecule is CC(C)(C)OC(=O)N[C@H]1CCCCC/C=C\[C@H]2C[C@@]2(C(=O)NS(=O)(=O)C2CC2)NC(=O)[C@@H]2C[C@@H](NC(=O)c3cc4ccccc4o3)CN2C1=O. The zero-order valence-electron chi connectivity index (χ0n) is 28.5. The van der Waals surface area contributed by atoms with Crippen LogP contribution in [0.3, 0.4) is 0 Å². The van der Waals surface area contributed by atoms with Crippen molar-refractivity contribution in [3.8, 4) is 0 Å². The first-order valence-electron chi connectivity index (χ1n) is 17.3. The first-order chi connectivity index (χ1) is 23.6. The van der Waals surface area contributed by atoms with Crippen LogP contribution in [0.2, 0.25) is 0 Å². The van der Waals surface area contributed by atoms with Gasteiger partial charge < -0.3 is 30.0 Å². The summed E-state index contributed by atoms with van der Waals surface area (Å²) in [5.74, 6) is -2.92. The molecule has 0 spiro atoms. The molecular formula is C35H45N5O9S. The van der Waals surface area contributed by atoms with Crippen LogP contribution in [0.4, 0.5) is 4.79 Å². The van der Waals surface area contributed by atoms with Crippen molar-refractivity contribution >= 4 is 50.7 Å². The predicted molar refractivity (Wildman–Crippen MR) is 182 cm³/mol. The lowest BCUT2D eigenvalue weighted by Gasteiger charge is -2.30. The number of nitrogens with zero attached hydrogens (tertiary/aromatic N) is 1. The first kappa shape index (κ1) is 35.4. The third-order valence-electron chi connectivity index (χ3n) is 9.56. The minimum absolute atomic E-state index is 0.00127. The molecule has 6 rings (SSSR count). The number of sulfonamides is 1. The van der Waals surface area contributed by atoms with Gasteiger partial charge in [0.25, 0.3) is 11.8 Å². The van der Waals surface area contributed by atoms with Crippen molar-refractivity contribution in [2.45, 2.75) is 113 Å². The fraction of sp³-hybridized carbons (Fsp3) is 0.571. The Bertz CT molecular complexity index is 1780. The quantitative estimate of drug-likeness (QED) is 0.326. The van der Waals surface area contributed by atoms with Crippen molar-refractivity contribution in [3.63, 3.8) is 0 Å². The number of nitrogens with one attached hydrogen (secondary N) is 4. The number of alkyl carbamates (subject to hydrolysis) is 1. The lowest BCUT2D eigenvalue weighted by molar-refractivity contribution is -0.141. The Morgan fingerprint density at radius 1 is 1.04 bits per heavy atom. The molecule has 5 amide bonds. The van der Waals surface area contributed by atoms with Crippen molar-refractivity contribution in [2.24, 2.45) is 5.92 Å². The molecule has 5 atom stereocenters. The number of rotatable bonds is 6. The number of carbonyl (C=O) groups excluding carboxylic acids is 5. The maximum absolute atomic E-state index is 14.3. The summed E-state index contributed by atoms with van der Waals surface area (Å²) in [7, 11) is -3.90. The third kappa shape index (κ3) is 7.98. The van der Waals surface area contributed by atoms with Gasteiger partial charge in [-0.25, -0.2) is 13.2 Å². The summed E-state index contributed by atoms with van der Waals surface area (Å²) in [4.78, 5) is 69.5. The van der Waals surface area contributed by atoms with Crippen LogP contribution in [0, 0.1) is 5.92 Å². The molecule has 2 aliphatic heterocycles. The van der Waals surface area contributed by atoms with E-state index in [0.29, 0.717) is 31.3 Å². The molecule has 0 bridgehead atoms. The molecule has 2 aliphatic carbocycles.